The third-order valence-corrected chi connectivity index (χ3v) is 5.15. The van der Waals surface area contributed by atoms with E-state index in [4.69, 9.17) is 4.42 Å². The first-order chi connectivity index (χ1) is 14.1. The second-order valence-electron chi connectivity index (χ2n) is 6.30. The molecule has 146 valence electrons. The summed E-state index contributed by atoms with van der Waals surface area (Å²) in [5.74, 6) is -0.934. The molecule has 2 heterocycles. The fourth-order valence-electron chi connectivity index (χ4n) is 2.94. The first kappa shape index (κ1) is 18.7. The Balaban J connectivity index is 1.39. The van der Waals surface area contributed by atoms with E-state index >= 15 is 0 Å². The maximum absolute atomic E-state index is 12.3. The number of benzene rings is 2. The zero-order chi connectivity index (χ0) is 20.2. The molecule has 4 aromatic rings. The Morgan fingerprint density at radius 1 is 0.966 bits per heavy atom. The summed E-state index contributed by atoms with van der Waals surface area (Å²) in [5, 5.41) is 7.42. The number of anilines is 2. The molecule has 4 rings (SSSR count). The number of aromatic nitrogens is 1. The minimum Gasteiger partial charge on any atom is -0.408 e. The summed E-state index contributed by atoms with van der Waals surface area (Å²) < 4.78 is 6.61. The number of aryl methyl sites for hydroxylation is 1. The number of carbonyl (C=O) groups excluding carboxylic acids is 2. The van der Waals surface area contributed by atoms with Gasteiger partial charge in [0.1, 0.15) is 0 Å². The predicted molar refractivity (Wildman–Crippen MR) is 112 cm³/mol. The van der Waals surface area contributed by atoms with Gasteiger partial charge in [-0.3, -0.25) is 14.2 Å². The molecular weight excluding hydrogens is 390 g/mol. The molecule has 0 aliphatic carbocycles. The lowest BCUT2D eigenvalue weighted by Crippen LogP contribution is -2.20. The van der Waals surface area contributed by atoms with Crippen molar-refractivity contribution in [1.82, 2.24) is 4.57 Å². The average Bonchev–Trinajstić information content (AvgIpc) is 3.34. The van der Waals surface area contributed by atoms with Gasteiger partial charge in [0, 0.05) is 24.3 Å². The van der Waals surface area contributed by atoms with Crippen LogP contribution in [0.5, 0.6) is 0 Å². The van der Waals surface area contributed by atoms with Crippen LogP contribution >= 0.6 is 11.3 Å². The Morgan fingerprint density at radius 3 is 2.55 bits per heavy atom. The SMILES string of the molecule is O=C(CCn1c(=O)oc2ccccc21)Nc1cccc(NC(=O)c2cccs2)c1. The fraction of sp³-hybridized carbons (Fsp3) is 0.0952. The molecule has 0 atom stereocenters. The van der Waals surface area contributed by atoms with Crippen molar-refractivity contribution in [2.24, 2.45) is 0 Å². The van der Waals surface area contributed by atoms with E-state index in [9.17, 15) is 14.4 Å². The van der Waals surface area contributed by atoms with E-state index in [0.717, 1.165) is 0 Å². The maximum Gasteiger partial charge on any atom is 0.419 e. The zero-order valence-corrected chi connectivity index (χ0v) is 16.1. The van der Waals surface area contributed by atoms with Crippen LogP contribution in [0, 0.1) is 0 Å². The van der Waals surface area contributed by atoms with Gasteiger partial charge in [0.2, 0.25) is 5.91 Å². The number of nitrogens with zero attached hydrogens (tertiary/aromatic N) is 1. The molecule has 0 bridgehead atoms. The summed E-state index contributed by atoms with van der Waals surface area (Å²) in [6, 6.07) is 17.5. The number of nitrogens with one attached hydrogen (secondary N) is 2. The quantitative estimate of drug-likeness (QED) is 0.506. The lowest BCUT2D eigenvalue weighted by atomic mass is 10.2. The Labute approximate surface area is 169 Å². The third kappa shape index (κ3) is 4.27. The maximum atomic E-state index is 12.3. The normalized spacial score (nSPS) is 10.8. The highest BCUT2D eigenvalue weighted by molar-refractivity contribution is 7.12. The number of para-hydroxylation sites is 2. The molecule has 2 aromatic heterocycles. The van der Waals surface area contributed by atoms with Crippen molar-refractivity contribution in [2.75, 3.05) is 10.6 Å². The highest BCUT2D eigenvalue weighted by Crippen LogP contribution is 2.18. The number of fused-ring (bicyclic) bond motifs is 1. The largest absolute Gasteiger partial charge is 0.419 e. The van der Waals surface area contributed by atoms with E-state index in [2.05, 4.69) is 10.6 Å². The summed E-state index contributed by atoms with van der Waals surface area (Å²) in [6.45, 7) is 0.205. The van der Waals surface area contributed by atoms with Crippen molar-refractivity contribution in [2.45, 2.75) is 13.0 Å². The van der Waals surface area contributed by atoms with Gasteiger partial charge in [-0.15, -0.1) is 11.3 Å². The van der Waals surface area contributed by atoms with Crippen molar-refractivity contribution in [3.63, 3.8) is 0 Å². The van der Waals surface area contributed by atoms with Crippen molar-refractivity contribution in [3.05, 3.63) is 81.5 Å². The lowest BCUT2D eigenvalue weighted by Gasteiger charge is -2.09. The van der Waals surface area contributed by atoms with Gasteiger partial charge in [0.25, 0.3) is 5.91 Å². The van der Waals surface area contributed by atoms with E-state index in [-0.39, 0.29) is 24.8 Å². The van der Waals surface area contributed by atoms with Crippen LogP contribution in [0.1, 0.15) is 16.1 Å². The third-order valence-electron chi connectivity index (χ3n) is 4.29. The summed E-state index contributed by atoms with van der Waals surface area (Å²) in [4.78, 5) is 37.1. The van der Waals surface area contributed by atoms with Crippen molar-refractivity contribution < 1.29 is 14.0 Å². The van der Waals surface area contributed by atoms with Gasteiger partial charge < -0.3 is 15.1 Å². The molecule has 2 N–H and O–H groups in total. The first-order valence-corrected chi connectivity index (χ1v) is 9.81. The lowest BCUT2D eigenvalue weighted by molar-refractivity contribution is -0.116. The van der Waals surface area contributed by atoms with Crippen LogP contribution < -0.4 is 16.4 Å². The molecule has 0 unspecified atom stereocenters. The van der Waals surface area contributed by atoms with Crippen LogP contribution in [-0.2, 0) is 11.3 Å². The molecule has 0 saturated heterocycles. The molecule has 8 heteroatoms. The highest BCUT2D eigenvalue weighted by atomic mass is 32.1. The van der Waals surface area contributed by atoms with Gasteiger partial charge in [-0.1, -0.05) is 24.3 Å². The molecule has 7 nitrogen and oxygen atoms in total. The van der Waals surface area contributed by atoms with Crippen molar-refractivity contribution in [3.8, 4) is 0 Å². The van der Waals surface area contributed by atoms with Crippen molar-refractivity contribution >= 4 is 45.6 Å². The van der Waals surface area contributed by atoms with Crippen LogP contribution in [-0.4, -0.2) is 16.4 Å². The van der Waals surface area contributed by atoms with Crippen LogP contribution in [0.25, 0.3) is 11.1 Å². The smallest absolute Gasteiger partial charge is 0.408 e. The van der Waals surface area contributed by atoms with Gasteiger partial charge in [0.05, 0.1) is 10.4 Å². The monoisotopic (exact) mass is 407 g/mol. The standard InChI is InChI=1S/C21H17N3O4S/c25-19(10-11-24-16-7-1-2-8-17(16)28-21(24)27)22-14-5-3-6-15(13-14)23-20(26)18-9-4-12-29-18/h1-9,12-13H,10-11H2,(H,22,25)(H,23,26). The number of carbonyl (C=O) groups is 2. The van der Waals surface area contributed by atoms with Gasteiger partial charge >= 0.3 is 5.76 Å². The number of amides is 2. The number of hydrogen-bond donors (Lipinski definition) is 2. The van der Waals surface area contributed by atoms with Gasteiger partial charge in [-0.2, -0.15) is 0 Å². The summed E-state index contributed by atoms with van der Waals surface area (Å²) in [5.41, 5.74) is 2.29. The molecule has 0 spiro atoms. The summed E-state index contributed by atoms with van der Waals surface area (Å²) >= 11 is 1.35. The summed E-state index contributed by atoms with van der Waals surface area (Å²) in [7, 11) is 0. The number of hydrogen-bond acceptors (Lipinski definition) is 5. The number of thiophene rings is 1. The molecule has 0 aliphatic heterocycles. The molecule has 2 aromatic carbocycles. The molecule has 0 saturated carbocycles. The van der Waals surface area contributed by atoms with Crippen LogP contribution in [0.2, 0.25) is 0 Å². The second-order valence-corrected chi connectivity index (χ2v) is 7.25. The molecule has 0 radical (unpaired) electrons. The molecular formula is C21H17N3O4S. The average molecular weight is 407 g/mol. The van der Waals surface area contributed by atoms with E-state index < -0.39 is 5.76 Å². The fourth-order valence-corrected chi connectivity index (χ4v) is 3.56. The topological polar surface area (TPSA) is 93.3 Å². The Kier molecular flexibility index (Phi) is 5.26. The van der Waals surface area contributed by atoms with Crippen molar-refractivity contribution in [1.29, 1.82) is 0 Å². The van der Waals surface area contributed by atoms with E-state index in [1.807, 2.05) is 17.5 Å². The van der Waals surface area contributed by atoms with Crippen LogP contribution in [0.15, 0.2) is 75.3 Å². The zero-order valence-electron chi connectivity index (χ0n) is 15.3. The van der Waals surface area contributed by atoms with Crippen LogP contribution in [0.3, 0.4) is 0 Å². The van der Waals surface area contributed by atoms with Gasteiger partial charge in [-0.25, -0.2) is 4.79 Å². The first-order valence-electron chi connectivity index (χ1n) is 8.93. The van der Waals surface area contributed by atoms with Gasteiger partial charge in [-0.05, 0) is 41.8 Å². The second kappa shape index (κ2) is 8.15. The minimum atomic E-state index is -0.489. The molecule has 29 heavy (non-hydrogen) atoms. The predicted octanol–water partition coefficient (Wildman–Crippen LogP) is 3.94. The molecule has 0 aliphatic rings. The number of oxazole rings is 1. The van der Waals surface area contributed by atoms with E-state index in [0.29, 0.717) is 27.4 Å². The van der Waals surface area contributed by atoms with E-state index in [1.165, 1.54) is 15.9 Å². The minimum absolute atomic E-state index is 0.106. The van der Waals surface area contributed by atoms with Gasteiger partial charge in [0.15, 0.2) is 5.58 Å². The Morgan fingerprint density at radius 2 is 1.76 bits per heavy atom. The molecule has 2 amide bonds. The van der Waals surface area contributed by atoms with E-state index in [1.54, 1.807) is 48.5 Å². The Hall–Kier alpha value is -3.65. The summed E-state index contributed by atoms with van der Waals surface area (Å²) in [6.07, 6.45) is 0.106. The van der Waals surface area contributed by atoms with Crippen LogP contribution in [0.4, 0.5) is 11.4 Å². The highest BCUT2D eigenvalue weighted by Gasteiger charge is 2.11. The Bertz CT molecular complexity index is 1220. The molecule has 0 fully saturated rings. The number of rotatable bonds is 6.